The maximum atomic E-state index is 13.0. The van der Waals surface area contributed by atoms with Crippen molar-refractivity contribution in [2.75, 3.05) is 23.3 Å². The zero-order valence-electron chi connectivity index (χ0n) is 15.7. The first kappa shape index (κ1) is 19.2. The van der Waals surface area contributed by atoms with Gasteiger partial charge in [0.2, 0.25) is 5.71 Å². The summed E-state index contributed by atoms with van der Waals surface area (Å²) >= 11 is 0. The van der Waals surface area contributed by atoms with E-state index >= 15 is 0 Å². The molecule has 152 valence electrons. The number of halogens is 3. The molecule has 0 saturated carbocycles. The van der Waals surface area contributed by atoms with Gasteiger partial charge in [0.05, 0.1) is 16.5 Å². The second kappa shape index (κ2) is 7.38. The van der Waals surface area contributed by atoms with Crippen molar-refractivity contribution in [3.8, 4) is 0 Å². The number of aryl methyl sites for hydroxylation is 1. The molecule has 29 heavy (non-hydrogen) atoms. The Morgan fingerprint density at radius 1 is 1.17 bits per heavy atom. The molecule has 1 aliphatic rings. The summed E-state index contributed by atoms with van der Waals surface area (Å²) in [5.74, 6) is 0.387. The fourth-order valence-corrected chi connectivity index (χ4v) is 3.61. The first-order chi connectivity index (χ1) is 13.8. The molecule has 0 spiro atoms. The molecule has 0 unspecified atom stereocenters. The van der Waals surface area contributed by atoms with Crippen LogP contribution in [0.15, 0.2) is 35.0 Å². The summed E-state index contributed by atoms with van der Waals surface area (Å²) in [6.07, 6.45) is 0.0815. The number of piperidine rings is 1. The van der Waals surface area contributed by atoms with E-state index in [4.69, 9.17) is 4.42 Å². The van der Waals surface area contributed by atoms with Crippen molar-refractivity contribution >= 4 is 28.5 Å². The minimum absolute atomic E-state index is 0.0509. The molecule has 3 heterocycles. The Bertz CT molecular complexity index is 1060. The van der Waals surface area contributed by atoms with Crippen molar-refractivity contribution in [1.29, 1.82) is 0 Å². The Kier molecular flexibility index (Phi) is 4.89. The summed E-state index contributed by atoms with van der Waals surface area (Å²) < 4.78 is 44.5. The number of anilines is 2. The van der Waals surface area contributed by atoms with Crippen LogP contribution in [0.25, 0.3) is 11.1 Å². The molecule has 1 aliphatic heterocycles. The number of aromatic nitrogens is 2. The number of hydrogen-bond donors (Lipinski definition) is 1. The topological polar surface area (TPSA) is 71.3 Å². The number of benzene rings is 1. The zero-order chi connectivity index (χ0) is 20.6. The van der Waals surface area contributed by atoms with Gasteiger partial charge >= 0.3 is 6.18 Å². The molecule has 9 heteroatoms. The number of hydrogen-bond acceptors (Lipinski definition) is 5. The standard InChI is InChI=1S/C20H19F3N4O2/c1-12-15(18(28)26-14-7-5-6-13(10-14)20(21,22)23)16-17(24-11-25-19(16)29-12)27-8-3-2-4-9-27/h5-7,10-11H,2-4,8-9H2,1H3,(H,26,28). The van der Waals surface area contributed by atoms with E-state index in [2.05, 4.69) is 20.2 Å². The van der Waals surface area contributed by atoms with E-state index in [9.17, 15) is 18.0 Å². The number of nitrogens with one attached hydrogen (secondary N) is 1. The maximum absolute atomic E-state index is 13.0. The zero-order valence-corrected chi connectivity index (χ0v) is 15.7. The summed E-state index contributed by atoms with van der Waals surface area (Å²) in [5, 5.41) is 3.03. The average Bonchev–Trinajstić information content (AvgIpc) is 3.04. The van der Waals surface area contributed by atoms with E-state index < -0.39 is 17.6 Å². The van der Waals surface area contributed by atoms with Crippen molar-refractivity contribution in [3.05, 3.63) is 47.5 Å². The summed E-state index contributed by atoms with van der Waals surface area (Å²) in [6.45, 7) is 3.25. The normalized spacial score (nSPS) is 15.0. The first-order valence-electron chi connectivity index (χ1n) is 9.32. The van der Waals surface area contributed by atoms with Crippen molar-refractivity contribution < 1.29 is 22.4 Å². The van der Waals surface area contributed by atoms with Gasteiger partial charge in [0, 0.05) is 18.8 Å². The molecule has 0 radical (unpaired) electrons. The van der Waals surface area contributed by atoms with Gasteiger partial charge in [-0.1, -0.05) is 6.07 Å². The van der Waals surface area contributed by atoms with Gasteiger partial charge in [-0.2, -0.15) is 13.2 Å². The Morgan fingerprint density at radius 3 is 2.66 bits per heavy atom. The second-order valence-corrected chi connectivity index (χ2v) is 6.99. The summed E-state index contributed by atoms with van der Waals surface area (Å²) in [5.41, 5.74) is -0.262. The van der Waals surface area contributed by atoms with Gasteiger partial charge < -0.3 is 14.6 Å². The van der Waals surface area contributed by atoms with Crippen LogP contribution >= 0.6 is 0 Å². The second-order valence-electron chi connectivity index (χ2n) is 6.99. The highest BCUT2D eigenvalue weighted by Crippen LogP contribution is 2.34. The van der Waals surface area contributed by atoms with Crippen molar-refractivity contribution in [3.63, 3.8) is 0 Å². The SMILES string of the molecule is Cc1oc2ncnc(N3CCCCC3)c2c1C(=O)Nc1cccc(C(F)(F)F)c1. The number of alkyl halides is 3. The molecule has 0 bridgehead atoms. The van der Waals surface area contributed by atoms with E-state index in [0.717, 1.165) is 44.5 Å². The number of rotatable bonds is 3. The number of carbonyl (C=O) groups excluding carboxylic acids is 1. The number of fused-ring (bicyclic) bond motifs is 1. The van der Waals surface area contributed by atoms with E-state index in [1.165, 1.54) is 18.5 Å². The van der Waals surface area contributed by atoms with Crippen LogP contribution in [0, 0.1) is 6.92 Å². The number of nitrogens with zero attached hydrogens (tertiary/aromatic N) is 3. The minimum atomic E-state index is -4.49. The van der Waals surface area contributed by atoms with Crippen molar-refractivity contribution in [2.24, 2.45) is 0 Å². The van der Waals surface area contributed by atoms with Crippen LogP contribution in [0.5, 0.6) is 0 Å². The Morgan fingerprint density at radius 2 is 1.93 bits per heavy atom. The molecule has 6 nitrogen and oxygen atoms in total. The molecule has 0 atom stereocenters. The van der Waals surface area contributed by atoms with E-state index in [1.54, 1.807) is 6.92 Å². The lowest BCUT2D eigenvalue weighted by Crippen LogP contribution is -2.30. The molecule has 0 aliphatic carbocycles. The highest BCUT2D eigenvalue weighted by atomic mass is 19.4. The molecule has 1 aromatic carbocycles. The van der Waals surface area contributed by atoms with E-state index in [-0.39, 0.29) is 17.0 Å². The van der Waals surface area contributed by atoms with E-state index in [1.807, 2.05) is 0 Å². The van der Waals surface area contributed by atoms with Crippen LogP contribution in [-0.2, 0) is 6.18 Å². The van der Waals surface area contributed by atoms with Crippen LogP contribution in [0.4, 0.5) is 24.7 Å². The van der Waals surface area contributed by atoms with Crippen LogP contribution < -0.4 is 10.2 Å². The fourth-order valence-electron chi connectivity index (χ4n) is 3.61. The van der Waals surface area contributed by atoms with E-state index in [0.29, 0.717) is 17.0 Å². The highest BCUT2D eigenvalue weighted by molar-refractivity contribution is 6.15. The minimum Gasteiger partial charge on any atom is -0.442 e. The Labute approximate surface area is 164 Å². The monoisotopic (exact) mass is 404 g/mol. The van der Waals surface area contributed by atoms with Gasteiger partial charge in [0.25, 0.3) is 5.91 Å². The number of amides is 1. The van der Waals surface area contributed by atoms with Gasteiger partial charge in [-0.25, -0.2) is 9.97 Å². The highest BCUT2D eigenvalue weighted by Gasteiger charge is 2.31. The third-order valence-corrected chi connectivity index (χ3v) is 4.97. The van der Waals surface area contributed by atoms with Gasteiger partial charge in [0.15, 0.2) is 0 Å². The van der Waals surface area contributed by atoms with Gasteiger partial charge in [-0.3, -0.25) is 4.79 Å². The third-order valence-electron chi connectivity index (χ3n) is 4.97. The van der Waals surface area contributed by atoms with Crippen molar-refractivity contribution in [1.82, 2.24) is 9.97 Å². The quantitative estimate of drug-likeness (QED) is 0.680. The lowest BCUT2D eigenvalue weighted by Gasteiger charge is -2.28. The summed E-state index contributed by atoms with van der Waals surface area (Å²) in [6, 6.07) is 4.52. The predicted molar refractivity (Wildman–Crippen MR) is 102 cm³/mol. The van der Waals surface area contributed by atoms with Crippen LogP contribution in [0.3, 0.4) is 0 Å². The Hall–Kier alpha value is -3.10. The van der Waals surface area contributed by atoms with Gasteiger partial charge in [-0.15, -0.1) is 0 Å². The summed E-state index contributed by atoms with van der Waals surface area (Å²) in [7, 11) is 0. The van der Waals surface area contributed by atoms with Crippen LogP contribution in [0.2, 0.25) is 0 Å². The third kappa shape index (κ3) is 3.76. The lowest BCUT2D eigenvalue weighted by atomic mass is 10.1. The van der Waals surface area contributed by atoms with Gasteiger partial charge in [0.1, 0.15) is 17.9 Å². The summed E-state index contributed by atoms with van der Waals surface area (Å²) in [4.78, 5) is 23.6. The first-order valence-corrected chi connectivity index (χ1v) is 9.32. The lowest BCUT2D eigenvalue weighted by molar-refractivity contribution is -0.137. The number of carbonyl (C=O) groups is 1. The molecule has 1 amide bonds. The molecule has 1 saturated heterocycles. The molecule has 2 aromatic heterocycles. The number of furan rings is 1. The predicted octanol–water partition coefficient (Wildman–Crippen LogP) is 4.79. The smallest absolute Gasteiger partial charge is 0.416 e. The Balaban J connectivity index is 1.72. The average molecular weight is 404 g/mol. The van der Waals surface area contributed by atoms with Crippen LogP contribution in [0.1, 0.15) is 40.9 Å². The fraction of sp³-hybridized carbons (Fsp3) is 0.350. The molecular weight excluding hydrogens is 385 g/mol. The van der Waals surface area contributed by atoms with Gasteiger partial charge in [-0.05, 0) is 44.4 Å². The largest absolute Gasteiger partial charge is 0.442 e. The molecule has 3 aromatic rings. The maximum Gasteiger partial charge on any atom is 0.416 e. The molecule has 1 N–H and O–H groups in total. The van der Waals surface area contributed by atoms with Crippen molar-refractivity contribution in [2.45, 2.75) is 32.4 Å². The molecule has 1 fully saturated rings. The van der Waals surface area contributed by atoms with Crippen LogP contribution in [-0.4, -0.2) is 29.0 Å². The molecule has 4 rings (SSSR count). The molecular formula is C20H19F3N4O2.